The van der Waals surface area contributed by atoms with Crippen molar-refractivity contribution in [3.05, 3.63) is 228 Å². The lowest BCUT2D eigenvalue weighted by Crippen LogP contribution is -2.12. The lowest BCUT2D eigenvalue weighted by Gasteiger charge is -2.09. The van der Waals surface area contributed by atoms with Gasteiger partial charge in [-0.3, -0.25) is 9.59 Å². The van der Waals surface area contributed by atoms with Gasteiger partial charge in [-0.1, -0.05) is 36.4 Å². The molecule has 0 atom stereocenters. The summed E-state index contributed by atoms with van der Waals surface area (Å²) in [7, 11) is 3.25. The number of phenols is 2. The molecule has 2 heterocycles. The van der Waals surface area contributed by atoms with Crippen LogP contribution in [0.4, 0.5) is 0 Å². The molecule has 10 rings (SSSR count). The van der Waals surface area contributed by atoms with E-state index in [1.807, 2.05) is 54.6 Å². The molecule has 10 aromatic rings. The van der Waals surface area contributed by atoms with Crippen molar-refractivity contribution < 1.29 is 57.8 Å². The van der Waals surface area contributed by atoms with E-state index in [1.54, 1.807) is 165 Å². The van der Waals surface area contributed by atoms with Gasteiger partial charge in [-0.25, -0.2) is 9.59 Å². The second-order valence-electron chi connectivity index (χ2n) is 16.8. The molecule has 0 spiro atoms. The van der Waals surface area contributed by atoms with Gasteiger partial charge in [-0.15, -0.1) is 22.7 Å². The lowest BCUT2D eigenvalue weighted by atomic mass is 9.97. The quantitative estimate of drug-likeness (QED) is 0.0475. The minimum absolute atomic E-state index is 0.0828. The lowest BCUT2D eigenvalue weighted by molar-refractivity contribution is 0.0442. The van der Waals surface area contributed by atoms with Crippen molar-refractivity contribution >= 4 is 66.4 Å². The number of ketones is 2. The zero-order chi connectivity index (χ0) is 53.0. The van der Waals surface area contributed by atoms with E-state index in [9.17, 15) is 29.4 Å². The molecule has 0 saturated heterocycles. The van der Waals surface area contributed by atoms with Crippen LogP contribution in [0.3, 0.4) is 0 Å². The molecule has 0 fully saturated rings. The average Bonchev–Trinajstić information content (AvgIpc) is 4.05. The monoisotopic (exact) mass is 1050 g/mol. The van der Waals surface area contributed by atoms with Crippen molar-refractivity contribution in [3.8, 4) is 55.4 Å². The number of rotatable bonds is 18. The number of aromatic hydroxyl groups is 2. The number of esters is 2. The zero-order valence-electron chi connectivity index (χ0n) is 41.1. The van der Waals surface area contributed by atoms with Gasteiger partial charge in [0.25, 0.3) is 0 Å². The number of carbonyl (C=O) groups is 4. The molecule has 0 aliphatic carbocycles. The minimum atomic E-state index is -0.411. The van der Waals surface area contributed by atoms with Gasteiger partial charge in [0.2, 0.25) is 0 Å². The molecular weight excluding hydrogens is 1000 g/mol. The second kappa shape index (κ2) is 24.2. The molecule has 2 aromatic heterocycles. The van der Waals surface area contributed by atoms with E-state index in [-0.39, 0.29) is 49.5 Å². The van der Waals surface area contributed by atoms with Gasteiger partial charge in [0.05, 0.1) is 25.3 Å². The second-order valence-corrected chi connectivity index (χ2v) is 18.9. The van der Waals surface area contributed by atoms with Gasteiger partial charge in [0, 0.05) is 52.2 Å². The van der Waals surface area contributed by atoms with Crippen molar-refractivity contribution in [2.45, 2.75) is 0 Å². The van der Waals surface area contributed by atoms with Gasteiger partial charge in [0.15, 0.2) is 11.6 Å². The Hall–Kier alpha value is -9.24. The van der Waals surface area contributed by atoms with Crippen LogP contribution in [0.25, 0.3) is 41.1 Å². The van der Waals surface area contributed by atoms with Crippen LogP contribution in [-0.2, 0) is 9.47 Å². The zero-order valence-corrected chi connectivity index (χ0v) is 42.7. The molecule has 0 bridgehead atoms. The topological polar surface area (TPSA) is 164 Å². The van der Waals surface area contributed by atoms with Crippen LogP contribution in [0.15, 0.2) is 194 Å². The molecule has 0 unspecified atom stereocenters. The number of hydrogen-bond acceptors (Lipinski definition) is 14. The van der Waals surface area contributed by atoms with E-state index in [2.05, 4.69) is 0 Å². The van der Waals surface area contributed by atoms with Crippen molar-refractivity contribution in [3.63, 3.8) is 0 Å². The molecule has 0 amide bonds. The molecular formula is C62H48O12S2. The fraction of sp³-hybridized carbons (Fsp3) is 0.0968. The first-order chi connectivity index (χ1) is 37.1. The van der Waals surface area contributed by atoms with Crippen molar-refractivity contribution in [1.82, 2.24) is 0 Å². The number of methoxy groups -OCH3 is 2. The van der Waals surface area contributed by atoms with E-state index < -0.39 is 11.9 Å². The molecule has 8 aromatic carbocycles. The Kier molecular flexibility index (Phi) is 16.4. The maximum atomic E-state index is 13.8. The Morgan fingerprint density at radius 3 is 1.25 bits per heavy atom. The summed E-state index contributed by atoms with van der Waals surface area (Å²) in [5.41, 5.74) is 4.91. The van der Waals surface area contributed by atoms with Crippen LogP contribution in [0, 0.1) is 0 Å². The standard InChI is InChI=1S/C32H26O6S.C30H22O6S/c1-35-24-12-10-22(11-13-24)31-29(27-17-16-26(36-2)20-28(27)39-31)30(33)21-8-14-25(15-9-21)37-18-19-38-32(34)23-6-4-3-5-7-23;31-22-10-6-20(7-11-22)29-27(25-15-12-23(32)18-26(25)37-29)28(33)19-8-13-24(14-9-19)35-16-17-36-30(34)21-4-2-1-3-5-21/h3-17,20H,18-19H2,1-2H3;1-15,18,31-32H,16-17H2. The van der Waals surface area contributed by atoms with E-state index in [1.165, 1.54) is 11.3 Å². The number of thiophene rings is 2. The molecule has 12 nitrogen and oxygen atoms in total. The van der Waals surface area contributed by atoms with Crippen LogP contribution in [0.5, 0.6) is 34.5 Å². The van der Waals surface area contributed by atoms with Gasteiger partial charge >= 0.3 is 11.9 Å². The predicted molar refractivity (Wildman–Crippen MR) is 295 cm³/mol. The van der Waals surface area contributed by atoms with Gasteiger partial charge in [0.1, 0.15) is 60.9 Å². The van der Waals surface area contributed by atoms with Gasteiger partial charge in [-0.2, -0.15) is 0 Å². The van der Waals surface area contributed by atoms with E-state index in [4.69, 9.17) is 28.4 Å². The molecule has 0 aliphatic heterocycles. The molecule has 0 aliphatic rings. The Labute approximate surface area is 445 Å². The van der Waals surface area contributed by atoms with Crippen LogP contribution in [0.1, 0.15) is 52.6 Å². The third kappa shape index (κ3) is 12.2. The Balaban J connectivity index is 0.000000186. The van der Waals surface area contributed by atoms with Crippen LogP contribution in [0.2, 0.25) is 0 Å². The molecule has 380 valence electrons. The number of benzene rings is 8. The highest BCUT2D eigenvalue weighted by Crippen LogP contribution is 2.43. The van der Waals surface area contributed by atoms with Crippen LogP contribution >= 0.6 is 22.7 Å². The molecule has 0 saturated carbocycles. The Morgan fingerprint density at radius 2 is 0.789 bits per heavy atom. The predicted octanol–water partition coefficient (Wildman–Crippen LogP) is 13.5. The average molecular weight is 1050 g/mol. The van der Waals surface area contributed by atoms with Crippen molar-refractivity contribution in [2.75, 3.05) is 40.6 Å². The Morgan fingerprint density at radius 1 is 0.395 bits per heavy atom. The first-order valence-electron chi connectivity index (χ1n) is 23.9. The third-order valence-corrected chi connectivity index (χ3v) is 14.3. The fourth-order valence-corrected chi connectivity index (χ4v) is 10.6. The largest absolute Gasteiger partial charge is 0.508 e. The summed E-state index contributed by atoms with van der Waals surface area (Å²) >= 11 is 2.96. The summed E-state index contributed by atoms with van der Waals surface area (Å²) in [4.78, 5) is 53.2. The molecule has 0 radical (unpaired) electrons. The number of ether oxygens (including phenoxy) is 6. The highest BCUT2D eigenvalue weighted by molar-refractivity contribution is 7.23. The highest BCUT2D eigenvalue weighted by atomic mass is 32.1. The number of phenolic OH excluding ortho intramolecular Hbond substituents is 2. The van der Waals surface area contributed by atoms with E-state index in [0.29, 0.717) is 44.9 Å². The summed E-state index contributed by atoms with van der Waals surface area (Å²) < 4.78 is 34.3. The summed E-state index contributed by atoms with van der Waals surface area (Å²) in [5, 5.41) is 21.3. The summed E-state index contributed by atoms with van der Waals surface area (Å²) in [6.45, 7) is 0.585. The maximum absolute atomic E-state index is 13.8. The van der Waals surface area contributed by atoms with Crippen molar-refractivity contribution in [1.29, 1.82) is 0 Å². The minimum Gasteiger partial charge on any atom is -0.508 e. The van der Waals surface area contributed by atoms with E-state index >= 15 is 0 Å². The third-order valence-electron chi connectivity index (χ3n) is 11.9. The highest BCUT2D eigenvalue weighted by Gasteiger charge is 2.24. The summed E-state index contributed by atoms with van der Waals surface area (Å²) in [5.74, 6) is 1.83. The summed E-state index contributed by atoms with van der Waals surface area (Å²) in [6.07, 6.45) is 0. The van der Waals surface area contributed by atoms with Crippen LogP contribution in [-0.4, -0.2) is 74.4 Å². The number of hydrogen-bond donors (Lipinski definition) is 2. The molecule has 76 heavy (non-hydrogen) atoms. The van der Waals surface area contributed by atoms with Crippen LogP contribution < -0.4 is 18.9 Å². The normalized spacial score (nSPS) is 10.8. The first kappa shape index (κ1) is 51.7. The first-order valence-corrected chi connectivity index (χ1v) is 25.5. The molecule has 2 N–H and O–H groups in total. The van der Waals surface area contributed by atoms with Crippen molar-refractivity contribution in [2.24, 2.45) is 0 Å². The number of carbonyl (C=O) groups excluding carboxylic acids is 4. The number of fused-ring (bicyclic) bond motifs is 2. The molecule has 14 heteroatoms. The maximum Gasteiger partial charge on any atom is 0.338 e. The fourth-order valence-electron chi connectivity index (χ4n) is 8.10. The SMILES string of the molecule is COc1ccc(-c2sc3cc(OC)ccc3c2C(=O)c2ccc(OCCOC(=O)c3ccccc3)cc2)cc1.O=C(OCCOc1ccc(C(=O)c2c(-c3ccc(O)cc3)sc3cc(O)ccc23)cc1)c1ccccc1. The smallest absolute Gasteiger partial charge is 0.338 e. The summed E-state index contributed by atoms with van der Waals surface area (Å²) in [6, 6.07) is 56.4. The van der Waals surface area contributed by atoms with E-state index in [0.717, 1.165) is 52.6 Å². The Bertz CT molecular complexity index is 3630. The van der Waals surface area contributed by atoms with Gasteiger partial charge < -0.3 is 38.6 Å². The van der Waals surface area contributed by atoms with Gasteiger partial charge in [-0.05, 0) is 169 Å².